The van der Waals surface area contributed by atoms with Crippen LogP contribution in [0.2, 0.25) is 0 Å². The van der Waals surface area contributed by atoms with Gasteiger partial charge in [-0.2, -0.15) is 9.78 Å². The van der Waals surface area contributed by atoms with E-state index < -0.39 is 12.1 Å². The van der Waals surface area contributed by atoms with Gasteiger partial charge in [-0.3, -0.25) is 4.79 Å². The molecule has 0 radical (unpaired) electrons. The predicted molar refractivity (Wildman–Crippen MR) is 133 cm³/mol. The monoisotopic (exact) mass is 521 g/mol. The quantitative estimate of drug-likeness (QED) is 0.357. The number of benzene rings is 3. The lowest BCUT2D eigenvalue weighted by Gasteiger charge is -2.15. The zero-order valence-electron chi connectivity index (χ0n) is 18.3. The Morgan fingerprint density at radius 1 is 1.12 bits per heavy atom. The van der Waals surface area contributed by atoms with E-state index in [-0.39, 0.29) is 11.3 Å². The highest BCUT2D eigenvalue weighted by molar-refractivity contribution is 9.10. The van der Waals surface area contributed by atoms with Gasteiger partial charge in [-0.25, -0.2) is 9.78 Å². The van der Waals surface area contributed by atoms with Crippen molar-refractivity contribution in [2.24, 2.45) is 5.10 Å². The summed E-state index contributed by atoms with van der Waals surface area (Å²) < 4.78 is 12.7. The molecule has 172 valence electrons. The summed E-state index contributed by atoms with van der Waals surface area (Å²) in [6.07, 6.45) is 0.442. The summed E-state index contributed by atoms with van der Waals surface area (Å²) in [5.41, 5.74) is 1.60. The average molecular weight is 522 g/mol. The second kappa shape index (κ2) is 9.88. The Bertz CT molecular complexity index is 1450. The highest BCUT2D eigenvalue weighted by Crippen LogP contribution is 2.33. The molecule has 1 heterocycles. The number of carboxylic acids is 1. The molecule has 0 bridgehead atoms. The molecule has 0 amide bonds. The first-order valence-corrected chi connectivity index (χ1v) is 11.1. The van der Waals surface area contributed by atoms with Crippen molar-refractivity contribution in [3.8, 4) is 22.9 Å². The SMILES string of the molecule is COc1cc(C=Nn2c(-c3ccccc3)nc3ccccc3c2=O)c(Br)cc1O[C@@H](C)C(=O)O. The molecule has 9 heteroatoms. The normalized spacial score (nSPS) is 12.1. The third-order valence-electron chi connectivity index (χ3n) is 5.03. The molecule has 1 aromatic heterocycles. The molecule has 1 N–H and O–H groups in total. The van der Waals surface area contributed by atoms with Crippen LogP contribution < -0.4 is 15.0 Å². The van der Waals surface area contributed by atoms with E-state index in [0.717, 1.165) is 5.56 Å². The van der Waals surface area contributed by atoms with Gasteiger partial charge in [0.2, 0.25) is 0 Å². The molecule has 0 aliphatic rings. The van der Waals surface area contributed by atoms with E-state index in [1.54, 1.807) is 30.3 Å². The van der Waals surface area contributed by atoms with Crippen LogP contribution in [0, 0.1) is 0 Å². The van der Waals surface area contributed by atoms with Gasteiger partial charge >= 0.3 is 5.97 Å². The van der Waals surface area contributed by atoms with Crippen molar-refractivity contribution < 1.29 is 19.4 Å². The van der Waals surface area contributed by atoms with Crippen molar-refractivity contribution in [3.05, 3.63) is 87.1 Å². The van der Waals surface area contributed by atoms with Gasteiger partial charge in [0.1, 0.15) is 0 Å². The molecule has 0 unspecified atom stereocenters. The van der Waals surface area contributed by atoms with Crippen molar-refractivity contribution in [1.29, 1.82) is 0 Å². The zero-order chi connectivity index (χ0) is 24.2. The molecular formula is C25H20BrN3O5. The zero-order valence-corrected chi connectivity index (χ0v) is 19.9. The molecule has 34 heavy (non-hydrogen) atoms. The number of fused-ring (bicyclic) bond motifs is 1. The Morgan fingerprint density at radius 2 is 1.82 bits per heavy atom. The van der Waals surface area contributed by atoms with Crippen LogP contribution in [0.5, 0.6) is 11.5 Å². The maximum atomic E-state index is 13.3. The molecule has 1 atom stereocenters. The fraction of sp³-hybridized carbons (Fsp3) is 0.120. The van der Waals surface area contributed by atoms with Crippen LogP contribution in [-0.4, -0.2) is 40.2 Å². The van der Waals surface area contributed by atoms with E-state index in [0.29, 0.717) is 32.5 Å². The van der Waals surface area contributed by atoms with E-state index in [4.69, 9.17) is 14.6 Å². The number of hydrogen-bond donors (Lipinski definition) is 1. The molecule has 0 aliphatic carbocycles. The summed E-state index contributed by atoms with van der Waals surface area (Å²) in [7, 11) is 1.45. The number of nitrogens with zero attached hydrogens (tertiary/aromatic N) is 3. The Kier molecular flexibility index (Phi) is 6.74. The average Bonchev–Trinajstić information content (AvgIpc) is 2.84. The van der Waals surface area contributed by atoms with Crippen molar-refractivity contribution in [1.82, 2.24) is 9.66 Å². The van der Waals surface area contributed by atoms with Gasteiger partial charge in [0.25, 0.3) is 5.56 Å². The maximum Gasteiger partial charge on any atom is 0.344 e. The third kappa shape index (κ3) is 4.69. The van der Waals surface area contributed by atoms with Crippen LogP contribution in [0.3, 0.4) is 0 Å². The first-order chi connectivity index (χ1) is 16.4. The number of ether oxygens (including phenoxy) is 2. The van der Waals surface area contributed by atoms with Crippen LogP contribution in [-0.2, 0) is 4.79 Å². The molecule has 4 rings (SSSR count). The smallest absolute Gasteiger partial charge is 0.344 e. The molecule has 8 nitrogen and oxygen atoms in total. The number of carboxylic acid groups (broad SMARTS) is 1. The molecule has 0 aliphatic heterocycles. The summed E-state index contributed by atoms with van der Waals surface area (Å²) in [6.45, 7) is 1.43. The Balaban J connectivity index is 1.82. The van der Waals surface area contributed by atoms with Gasteiger partial charge in [0, 0.05) is 15.6 Å². The van der Waals surface area contributed by atoms with Crippen LogP contribution in [0.4, 0.5) is 0 Å². The lowest BCUT2D eigenvalue weighted by molar-refractivity contribution is -0.144. The van der Waals surface area contributed by atoms with Gasteiger partial charge < -0.3 is 14.6 Å². The molecule has 0 fully saturated rings. The number of rotatable bonds is 7. The van der Waals surface area contributed by atoms with Crippen molar-refractivity contribution in [2.75, 3.05) is 7.11 Å². The van der Waals surface area contributed by atoms with Gasteiger partial charge in [0.15, 0.2) is 23.4 Å². The lowest BCUT2D eigenvalue weighted by atomic mass is 10.2. The van der Waals surface area contributed by atoms with E-state index in [9.17, 15) is 9.59 Å². The Labute approximate surface area is 203 Å². The number of carbonyl (C=O) groups is 1. The summed E-state index contributed by atoms with van der Waals surface area (Å²) in [6, 6.07) is 19.7. The number of aliphatic carboxylic acids is 1. The number of aromatic nitrogens is 2. The van der Waals surface area contributed by atoms with Gasteiger partial charge in [-0.1, -0.05) is 42.5 Å². The van der Waals surface area contributed by atoms with Crippen LogP contribution in [0.1, 0.15) is 12.5 Å². The van der Waals surface area contributed by atoms with Crippen molar-refractivity contribution in [2.45, 2.75) is 13.0 Å². The minimum atomic E-state index is -1.10. The topological polar surface area (TPSA) is 103 Å². The van der Waals surface area contributed by atoms with E-state index in [1.165, 1.54) is 24.9 Å². The standard InChI is InChI=1S/C25H20BrN3O5/c1-15(25(31)32)34-22-13-19(26)17(12-21(22)33-2)14-27-29-23(16-8-4-3-5-9-16)28-20-11-7-6-10-18(20)24(29)30/h3-15H,1-2H3,(H,31,32)/t15-/m0/s1. The van der Waals surface area contributed by atoms with Crippen LogP contribution >= 0.6 is 15.9 Å². The third-order valence-corrected chi connectivity index (χ3v) is 5.72. The van der Waals surface area contributed by atoms with Crippen LogP contribution in [0.15, 0.2) is 81.1 Å². The minimum Gasteiger partial charge on any atom is -0.493 e. The first kappa shape index (κ1) is 23.2. The lowest BCUT2D eigenvalue weighted by Crippen LogP contribution is -2.23. The molecule has 3 aromatic carbocycles. The second-order valence-electron chi connectivity index (χ2n) is 7.30. The molecule has 0 spiro atoms. The Morgan fingerprint density at radius 3 is 2.53 bits per heavy atom. The van der Waals surface area contributed by atoms with E-state index in [1.807, 2.05) is 36.4 Å². The number of methoxy groups -OCH3 is 1. The number of halogens is 1. The van der Waals surface area contributed by atoms with Gasteiger partial charge in [0.05, 0.1) is 24.2 Å². The predicted octanol–water partition coefficient (Wildman–Crippen LogP) is 4.57. The Hall–Kier alpha value is -3.98. The molecule has 0 saturated heterocycles. The van der Waals surface area contributed by atoms with Crippen molar-refractivity contribution >= 4 is 39.0 Å². The highest BCUT2D eigenvalue weighted by Gasteiger charge is 2.17. The number of hydrogen-bond acceptors (Lipinski definition) is 6. The summed E-state index contributed by atoms with van der Waals surface area (Å²) in [4.78, 5) is 29.1. The van der Waals surface area contributed by atoms with Gasteiger partial charge in [-0.05, 0) is 47.1 Å². The summed E-state index contributed by atoms with van der Waals surface area (Å²) >= 11 is 3.46. The number of para-hydroxylation sites is 1. The molecule has 4 aromatic rings. The minimum absolute atomic E-state index is 0.260. The summed E-state index contributed by atoms with van der Waals surface area (Å²) in [5.74, 6) is -0.111. The van der Waals surface area contributed by atoms with E-state index in [2.05, 4.69) is 26.0 Å². The molecular weight excluding hydrogens is 502 g/mol. The van der Waals surface area contributed by atoms with Crippen molar-refractivity contribution in [3.63, 3.8) is 0 Å². The fourth-order valence-corrected chi connectivity index (χ4v) is 3.69. The first-order valence-electron chi connectivity index (χ1n) is 10.3. The van der Waals surface area contributed by atoms with Gasteiger partial charge in [-0.15, -0.1) is 0 Å². The second-order valence-corrected chi connectivity index (χ2v) is 8.16. The largest absolute Gasteiger partial charge is 0.493 e. The summed E-state index contributed by atoms with van der Waals surface area (Å²) in [5, 5.41) is 14.0. The maximum absolute atomic E-state index is 13.3. The highest BCUT2D eigenvalue weighted by atomic mass is 79.9. The fourth-order valence-electron chi connectivity index (χ4n) is 3.27. The molecule has 0 saturated carbocycles. The van der Waals surface area contributed by atoms with Crippen LogP contribution in [0.25, 0.3) is 22.3 Å². The van der Waals surface area contributed by atoms with E-state index >= 15 is 0 Å².